The van der Waals surface area contributed by atoms with Gasteiger partial charge in [0.1, 0.15) is 19.8 Å². The molecule has 7 nitrogen and oxygen atoms in total. The maximum atomic E-state index is 13.5. The summed E-state index contributed by atoms with van der Waals surface area (Å²) in [5.41, 5.74) is -0.121. The number of aryl methyl sites for hydroxylation is 1. The molecule has 1 N–H and O–H groups in total. The normalized spacial score (nSPS) is 14.1. The summed E-state index contributed by atoms with van der Waals surface area (Å²) in [6.07, 6.45) is -4.83. The highest BCUT2D eigenvalue weighted by molar-refractivity contribution is 7.92. The van der Waals surface area contributed by atoms with Crippen molar-refractivity contribution in [2.75, 3.05) is 24.1 Å². The van der Waals surface area contributed by atoms with Crippen molar-refractivity contribution in [2.45, 2.75) is 31.0 Å². The van der Waals surface area contributed by atoms with E-state index in [1.807, 2.05) is 0 Å². The van der Waals surface area contributed by atoms with Crippen molar-refractivity contribution in [3.63, 3.8) is 0 Å². The van der Waals surface area contributed by atoms with Gasteiger partial charge in [-0.2, -0.15) is 13.2 Å². The van der Waals surface area contributed by atoms with Gasteiger partial charge in [0.25, 0.3) is 10.0 Å². The van der Waals surface area contributed by atoms with Crippen LogP contribution in [0.1, 0.15) is 29.7 Å². The Labute approximate surface area is 223 Å². The number of amides is 1. The van der Waals surface area contributed by atoms with Crippen molar-refractivity contribution >= 4 is 33.2 Å². The van der Waals surface area contributed by atoms with E-state index < -0.39 is 45.3 Å². The van der Waals surface area contributed by atoms with Gasteiger partial charge in [0.05, 0.1) is 27.2 Å². The number of anilines is 1. The third-order valence-electron chi connectivity index (χ3n) is 5.88. The zero-order chi connectivity index (χ0) is 27.7. The molecule has 0 radical (unpaired) electrons. The molecule has 0 saturated carbocycles. The van der Waals surface area contributed by atoms with Crippen molar-refractivity contribution in [3.8, 4) is 11.5 Å². The molecular formula is C26H24ClF3N2O5S. The monoisotopic (exact) mass is 568 g/mol. The Morgan fingerprint density at radius 3 is 2.34 bits per heavy atom. The molecule has 3 aromatic carbocycles. The third kappa shape index (κ3) is 5.99. The number of sulfonamides is 1. The highest BCUT2D eigenvalue weighted by Gasteiger charge is 2.35. The molecular weight excluding hydrogens is 545 g/mol. The van der Waals surface area contributed by atoms with Gasteiger partial charge < -0.3 is 14.8 Å². The van der Waals surface area contributed by atoms with Crippen LogP contribution in [0.15, 0.2) is 65.6 Å². The molecule has 0 spiro atoms. The number of hydrogen-bond acceptors (Lipinski definition) is 5. The highest BCUT2D eigenvalue weighted by atomic mass is 35.5. The second-order valence-corrected chi connectivity index (χ2v) is 10.9. The number of halogens is 4. The van der Waals surface area contributed by atoms with E-state index in [0.29, 0.717) is 40.6 Å². The van der Waals surface area contributed by atoms with E-state index in [0.717, 1.165) is 17.7 Å². The molecule has 0 saturated heterocycles. The molecule has 1 aliphatic heterocycles. The molecule has 1 atom stereocenters. The van der Waals surface area contributed by atoms with Gasteiger partial charge in [0.2, 0.25) is 5.91 Å². The Hall–Kier alpha value is -3.44. The number of carbonyl (C=O) groups is 1. The minimum atomic E-state index is -4.83. The van der Waals surface area contributed by atoms with E-state index in [1.54, 1.807) is 44.2 Å². The van der Waals surface area contributed by atoms with Crippen molar-refractivity contribution in [3.05, 3.63) is 82.4 Å². The number of carbonyl (C=O) groups excluding carboxylic acids is 1. The number of fused-ring (bicyclic) bond motifs is 1. The first-order valence-electron chi connectivity index (χ1n) is 11.5. The van der Waals surface area contributed by atoms with Gasteiger partial charge in [-0.3, -0.25) is 9.10 Å². The zero-order valence-electron chi connectivity index (χ0n) is 20.4. The molecule has 1 unspecified atom stereocenters. The summed E-state index contributed by atoms with van der Waals surface area (Å²) in [5.74, 6) is 0.350. The van der Waals surface area contributed by atoms with Crippen LogP contribution in [0.2, 0.25) is 5.02 Å². The summed E-state index contributed by atoms with van der Waals surface area (Å²) in [6, 6.07) is 13.0. The van der Waals surface area contributed by atoms with E-state index in [-0.39, 0.29) is 10.6 Å². The lowest BCUT2D eigenvalue weighted by atomic mass is 10.1. The van der Waals surface area contributed by atoms with Gasteiger partial charge in [-0.1, -0.05) is 35.4 Å². The Morgan fingerprint density at radius 1 is 1.03 bits per heavy atom. The van der Waals surface area contributed by atoms with Crippen LogP contribution in [0.4, 0.5) is 18.9 Å². The fourth-order valence-corrected chi connectivity index (χ4v) is 5.51. The minimum Gasteiger partial charge on any atom is -0.486 e. The number of nitrogens with zero attached hydrogens (tertiary/aromatic N) is 1. The van der Waals surface area contributed by atoms with Crippen molar-refractivity contribution in [1.29, 1.82) is 0 Å². The Bertz CT molecular complexity index is 1450. The van der Waals surface area contributed by atoms with Gasteiger partial charge in [-0.15, -0.1) is 0 Å². The molecule has 0 fully saturated rings. The summed E-state index contributed by atoms with van der Waals surface area (Å²) in [6.45, 7) is 3.47. The largest absolute Gasteiger partial charge is 0.486 e. The highest BCUT2D eigenvalue weighted by Crippen LogP contribution is 2.38. The predicted octanol–water partition coefficient (Wildman–Crippen LogP) is 5.51. The maximum absolute atomic E-state index is 13.5. The van der Waals surface area contributed by atoms with E-state index in [9.17, 15) is 26.4 Å². The molecule has 1 amide bonds. The predicted molar refractivity (Wildman–Crippen MR) is 136 cm³/mol. The van der Waals surface area contributed by atoms with E-state index in [1.165, 1.54) is 12.1 Å². The van der Waals surface area contributed by atoms with Crippen LogP contribution in [0, 0.1) is 6.92 Å². The van der Waals surface area contributed by atoms with Crippen molar-refractivity contribution in [2.24, 2.45) is 0 Å². The van der Waals surface area contributed by atoms with Crippen LogP contribution in [-0.2, 0) is 21.0 Å². The van der Waals surface area contributed by atoms with Crippen LogP contribution in [0.3, 0.4) is 0 Å². The van der Waals surface area contributed by atoms with Crippen molar-refractivity contribution in [1.82, 2.24) is 5.32 Å². The summed E-state index contributed by atoms with van der Waals surface area (Å²) < 4.78 is 79.4. The maximum Gasteiger partial charge on any atom is 0.417 e. The lowest BCUT2D eigenvalue weighted by Crippen LogP contribution is -2.41. The van der Waals surface area contributed by atoms with Gasteiger partial charge >= 0.3 is 6.18 Å². The lowest BCUT2D eigenvalue weighted by Gasteiger charge is -2.26. The first-order chi connectivity index (χ1) is 17.9. The first-order valence-corrected chi connectivity index (χ1v) is 13.3. The van der Waals surface area contributed by atoms with E-state index in [2.05, 4.69) is 5.32 Å². The van der Waals surface area contributed by atoms with Crippen LogP contribution in [0.5, 0.6) is 11.5 Å². The second kappa shape index (κ2) is 10.7. The van der Waals surface area contributed by atoms with Crippen LogP contribution in [0.25, 0.3) is 0 Å². The number of alkyl halides is 3. The molecule has 38 heavy (non-hydrogen) atoms. The molecule has 0 bridgehead atoms. The number of nitrogens with one attached hydrogen (secondary N) is 1. The fraction of sp³-hybridized carbons (Fsp3) is 0.269. The molecule has 4 rings (SSSR count). The van der Waals surface area contributed by atoms with E-state index in [4.69, 9.17) is 21.1 Å². The van der Waals surface area contributed by atoms with Crippen LogP contribution < -0.4 is 19.1 Å². The van der Waals surface area contributed by atoms with Gasteiger partial charge in [-0.05, 0) is 61.9 Å². The average Bonchev–Trinajstić information content (AvgIpc) is 2.87. The number of hydrogen-bond donors (Lipinski definition) is 1. The summed E-state index contributed by atoms with van der Waals surface area (Å²) in [7, 11) is -4.43. The second-order valence-electron chi connectivity index (χ2n) is 8.68. The van der Waals surface area contributed by atoms with Crippen LogP contribution >= 0.6 is 11.6 Å². The molecule has 0 aliphatic carbocycles. The molecule has 1 aliphatic rings. The van der Waals surface area contributed by atoms with Crippen LogP contribution in [-0.4, -0.2) is 34.1 Å². The molecule has 0 aromatic heterocycles. The quantitative estimate of drug-likeness (QED) is 0.406. The summed E-state index contributed by atoms with van der Waals surface area (Å²) in [5, 5.41) is 2.11. The molecule has 202 valence electrons. The molecule has 12 heteroatoms. The topological polar surface area (TPSA) is 84.9 Å². The first kappa shape index (κ1) is 27.6. The number of rotatable bonds is 7. The number of ether oxygens (including phenoxy) is 2. The molecule has 3 aromatic rings. The smallest absolute Gasteiger partial charge is 0.417 e. The fourth-order valence-electron chi connectivity index (χ4n) is 3.87. The average molecular weight is 569 g/mol. The zero-order valence-corrected chi connectivity index (χ0v) is 22.0. The van der Waals surface area contributed by atoms with Gasteiger partial charge in [-0.25, -0.2) is 8.42 Å². The van der Waals surface area contributed by atoms with Gasteiger partial charge in [0, 0.05) is 0 Å². The Balaban J connectivity index is 1.65. The SMILES string of the molecule is Cc1ccc(S(=O)(=O)N(CC(=O)NC(C)c2ccc3c(c2)OCCO3)c2ccc(Cl)c(C(F)(F)F)c2)cc1. The lowest BCUT2D eigenvalue weighted by molar-refractivity contribution is -0.137. The minimum absolute atomic E-state index is 0.181. The summed E-state index contributed by atoms with van der Waals surface area (Å²) >= 11 is 5.74. The summed E-state index contributed by atoms with van der Waals surface area (Å²) in [4.78, 5) is 12.9. The third-order valence-corrected chi connectivity index (χ3v) is 8.00. The standard InChI is InChI=1S/C26H24ClF3N2O5S/c1-16-3-7-20(8-4-16)38(34,35)32(19-6-9-22(27)21(14-19)26(28,29)30)15-25(33)31-17(2)18-5-10-23-24(13-18)37-12-11-36-23/h3-10,13-14,17H,11-12,15H2,1-2H3,(H,31,33). The molecule has 1 heterocycles. The Morgan fingerprint density at radius 2 is 1.68 bits per heavy atom. The van der Waals surface area contributed by atoms with E-state index >= 15 is 0 Å². The van der Waals surface area contributed by atoms with Gasteiger partial charge in [0.15, 0.2) is 11.5 Å². The number of benzene rings is 3. The van der Waals surface area contributed by atoms with Crippen molar-refractivity contribution < 1.29 is 35.9 Å². The Kier molecular flexibility index (Phi) is 7.80.